The maximum absolute atomic E-state index is 5.61. The summed E-state index contributed by atoms with van der Waals surface area (Å²) >= 11 is 0. The van der Waals surface area contributed by atoms with Gasteiger partial charge in [0.2, 0.25) is 0 Å². The number of guanidine groups is 1. The third kappa shape index (κ3) is 6.35. The Morgan fingerprint density at radius 2 is 2.25 bits per heavy atom. The molecule has 24 heavy (non-hydrogen) atoms. The minimum atomic E-state index is 0.580. The molecule has 6 nitrogen and oxygen atoms in total. The van der Waals surface area contributed by atoms with Crippen LogP contribution in [0.3, 0.4) is 0 Å². The normalized spacial score (nSPS) is 19.1. The zero-order chi connectivity index (χ0) is 17.0. The van der Waals surface area contributed by atoms with E-state index >= 15 is 0 Å². The summed E-state index contributed by atoms with van der Waals surface area (Å²) in [6.45, 7) is 6.79. The highest BCUT2D eigenvalue weighted by Gasteiger charge is 2.19. The molecule has 2 rings (SSSR count). The summed E-state index contributed by atoms with van der Waals surface area (Å²) in [5.41, 5.74) is 0. The van der Waals surface area contributed by atoms with Crippen molar-refractivity contribution in [3.8, 4) is 5.75 Å². The molecule has 2 heterocycles. The van der Waals surface area contributed by atoms with Gasteiger partial charge in [-0.3, -0.25) is 14.9 Å². The third-order valence-electron chi connectivity index (χ3n) is 4.43. The fraction of sp³-hybridized carbons (Fsp3) is 0.667. The van der Waals surface area contributed by atoms with E-state index in [1.165, 1.54) is 32.2 Å². The second-order valence-electron chi connectivity index (χ2n) is 6.06. The van der Waals surface area contributed by atoms with Crippen molar-refractivity contribution in [3.63, 3.8) is 0 Å². The van der Waals surface area contributed by atoms with Crippen molar-refractivity contribution in [2.75, 3.05) is 39.8 Å². The Labute approximate surface area is 145 Å². The number of piperidine rings is 1. The van der Waals surface area contributed by atoms with Crippen LogP contribution in [-0.4, -0.2) is 61.7 Å². The van der Waals surface area contributed by atoms with E-state index in [-0.39, 0.29) is 0 Å². The van der Waals surface area contributed by atoms with Crippen molar-refractivity contribution < 1.29 is 4.74 Å². The molecule has 1 aliphatic heterocycles. The van der Waals surface area contributed by atoms with Gasteiger partial charge in [0.15, 0.2) is 5.96 Å². The maximum Gasteiger partial charge on any atom is 0.191 e. The first-order valence-electron chi connectivity index (χ1n) is 9.05. The first-order valence-corrected chi connectivity index (χ1v) is 9.05. The van der Waals surface area contributed by atoms with Crippen LogP contribution in [-0.2, 0) is 0 Å². The molecule has 1 aromatic rings. The molecule has 0 spiro atoms. The quantitative estimate of drug-likeness (QED) is 0.432. The number of rotatable bonds is 8. The van der Waals surface area contributed by atoms with Crippen LogP contribution in [0.25, 0.3) is 0 Å². The number of aliphatic imine (C=N–C) groups is 1. The first-order chi connectivity index (χ1) is 11.8. The van der Waals surface area contributed by atoms with Crippen molar-refractivity contribution in [3.05, 3.63) is 24.5 Å². The number of aromatic nitrogens is 1. The standard InChI is InChI=1S/C18H31N5O/c1-3-16-7-4-5-12-23(16)13-10-21-18(19-2)22-11-14-24-17-8-6-9-20-15-17/h6,8-9,15-16H,3-5,7,10-14H2,1-2H3,(H2,19,21,22). The molecule has 1 fully saturated rings. The minimum absolute atomic E-state index is 0.580. The zero-order valence-corrected chi connectivity index (χ0v) is 15.0. The lowest BCUT2D eigenvalue weighted by Gasteiger charge is -2.35. The maximum atomic E-state index is 5.61. The summed E-state index contributed by atoms with van der Waals surface area (Å²) in [4.78, 5) is 10.9. The third-order valence-corrected chi connectivity index (χ3v) is 4.43. The molecule has 1 aliphatic rings. The van der Waals surface area contributed by atoms with Gasteiger partial charge in [0.25, 0.3) is 0 Å². The van der Waals surface area contributed by atoms with Crippen molar-refractivity contribution >= 4 is 5.96 Å². The Bertz CT molecular complexity index is 480. The summed E-state index contributed by atoms with van der Waals surface area (Å²) < 4.78 is 5.61. The van der Waals surface area contributed by atoms with Gasteiger partial charge < -0.3 is 15.4 Å². The van der Waals surface area contributed by atoms with Crippen molar-refractivity contribution in [2.45, 2.75) is 38.6 Å². The Morgan fingerprint density at radius 1 is 1.38 bits per heavy atom. The number of hydrogen-bond donors (Lipinski definition) is 2. The Morgan fingerprint density at radius 3 is 3.00 bits per heavy atom. The molecule has 2 N–H and O–H groups in total. The minimum Gasteiger partial charge on any atom is -0.490 e. The molecule has 1 aromatic heterocycles. The zero-order valence-electron chi connectivity index (χ0n) is 15.0. The monoisotopic (exact) mass is 333 g/mol. The van der Waals surface area contributed by atoms with Gasteiger partial charge in [0.1, 0.15) is 12.4 Å². The van der Waals surface area contributed by atoms with Gasteiger partial charge in [-0.25, -0.2) is 0 Å². The van der Waals surface area contributed by atoms with E-state index in [4.69, 9.17) is 4.74 Å². The van der Waals surface area contributed by atoms with Gasteiger partial charge >= 0.3 is 0 Å². The molecule has 0 bridgehead atoms. The molecule has 134 valence electrons. The van der Waals surface area contributed by atoms with E-state index in [9.17, 15) is 0 Å². The lowest BCUT2D eigenvalue weighted by atomic mass is 10.0. The number of ether oxygens (including phenoxy) is 1. The molecule has 0 saturated carbocycles. The average Bonchev–Trinajstić information content (AvgIpc) is 2.65. The molecule has 1 atom stereocenters. The molecule has 0 aromatic carbocycles. The van der Waals surface area contributed by atoms with Crippen LogP contribution in [0.15, 0.2) is 29.5 Å². The lowest BCUT2D eigenvalue weighted by molar-refractivity contribution is 0.147. The summed E-state index contributed by atoms with van der Waals surface area (Å²) in [7, 11) is 1.80. The van der Waals surface area contributed by atoms with Gasteiger partial charge in [0.05, 0.1) is 12.7 Å². The number of likely N-dealkylation sites (tertiary alicyclic amines) is 1. The highest BCUT2D eigenvalue weighted by atomic mass is 16.5. The molecule has 6 heteroatoms. The van der Waals surface area contributed by atoms with Crippen LogP contribution in [0.4, 0.5) is 0 Å². The van der Waals surface area contributed by atoms with Crippen LogP contribution in [0.2, 0.25) is 0 Å². The van der Waals surface area contributed by atoms with E-state index in [0.717, 1.165) is 30.8 Å². The van der Waals surface area contributed by atoms with Crippen molar-refractivity contribution in [1.29, 1.82) is 0 Å². The number of nitrogens with zero attached hydrogens (tertiary/aromatic N) is 3. The predicted molar refractivity (Wildman–Crippen MR) is 98.6 cm³/mol. The molecular formula is C18H31N5O. The van der Waals surface area contributed by atoms with Gasteiger partial charge in [-0.1, -0.05) is 13.3 Å². The van der Waals surface area contributed by atoms with Crippen LogP contribution in [0.5, 0.6) is 5.75 Å². The van der Waals surface area contributed by atoms with Crippen LogP contribution in [0, 0.1) is 0 Å². The molecule has 1 saturated heterocycles. The predicted octanol–water partition coefficient (Wildman–Crippen LogP) is 1.89. The van der Waals surface area contributed by atoms with Crippen molar-refractivity contribution in [2.24, 2.45) is 4.99 Å². The van der Waals surface area contributed by atoms with Gasteiger partial charge in [-0.15, -0.1) is 0 Å². The second kappa shape index (κ2) is 10.9. The number of hydrogen-bond acceptors (Lipinski definition) is 4. The summed E-state index contributed by atoms with van der Waals surface area (Å²) in [5, 5.41) is 6.67. The lowest BCUT2D eigenvalue weighted by Crippen LogP contribution is -2.46. The van der Waals surface area contributed by atoms with Crippen LogP contribution in [0.1, 0.15) is 32.6 Å². The topological polar surface area (TPSA) is 61.8 Å². The molecule has 1 unspecified atom stereocenters. The SMILES string of the molecule is CCC1CCCCN1CCNC(=NC)NCCOc1cccnc1. The fourth-order valence-electron chi connectivity index (χ4n) is 3.13. The molecule has 0 radical (unpaired) electrons. The molecule has 0 amide bonds. The number of nitrogens with one attached hydrogen (secondary N) is 2. The van der Waals surface area contributed by atoms with E-state index in [2.05, 4.69) is 32.4 Å². The van der Waals surface area contributed by atoms with E-state index < -0.39 is 0 Å². The summed E-state index contributed by atoms with van der Waals surface area (Å²) in [5.74, 6) is 1.62. The Kier molecular flexibility index (Phi) is 8.38. The fourth-order valence-corrected chi connectivity index (χ4v) is 3.13. The highest BCUT2D eigenvalue weighted by Crippen LogP contribution is 2.18. The van der Waals surface area contributed by atoms with Gasteiger partial charge in [-0.2, -0.15) is 0 Å². The summed E-state index contributed by atoms with van der Waals surface area (Å²) in [6, 6.07) is 4.53. The highest BCUT2D eigenvalue weighted by molar-refractivity contribution is 5.79. The van der Waals surface area contributed by atoms with Crippen LogP contribution < -0.4 is 15.4 Å². The Hall–Kier alpha value is -1.82. The van der Waals surface area contributed by atoms with E-state index in [1.807, 2.05) is 12.1 Å². The molecular weight excluding hydrogens is 302 g/mol. The van der Waals surface area contributed by atoms with Gasteiger partial charge in [0, 0.05) is 32.4 Å². The first kappa shape index (κ1) is 18.5. The summed E-state index contributed by atoms with van der Waals surface area (Å²) in [6.07, 6.45) is 8.75. The number of pyridine rings is 1. The smallest absolute Gasteiger partial charge is 0.191 e. The largest absolute Gasteiger partial charge is 0.490 e. The second-order valence-corrected chi connectivity index (χ2v) is 6.06. The van der Waals surface area contributed by atoms with E-state index in [1.54, 1.807) is 19.4 Å². The Balaban J connectivity index is 1.60. The van der Waals surface area contributed by atoms with Crippen molar-refractivity contribution in [1.82, 2.24) is 20.5 Å². The average molecular weight is 333 g/mol. The van der Waals surface area contributed by atoms with Crippen LogP contribution >= 0.6 is 0 Å². The molecule has 0 aliphatic carbocycles. The van der Waals surface area contributed by atoms with Gasteiger partial charge in [-0.05, 0) is 37.9 Å². The van der Waals surface area contributed by atoms with E-state index in [0.29, 0.717) is 13.2 Å².